The van der Waals surface area contributed by atoms with Gasteiger partial charge in [-0.2, -0.15) is 10.2 Å². The molecule has 0 saturated carbocycles. The molecule has 6 nitrogen and oxygen atoms in total. The normalized spacial score (nSPS) is 11.4. The van der Waals surface area contributed by atoms with E-state index in [9.17, 15) is 10.2 Å². The van der Waals surface area contributed by atoms with E-state index >= 15 is 0 Å². The van der Waals surface area contributed by atoms with E-state index in [-0.39, 0.29) is 12.4 Å². The second-order valence-corrected chi connectivity index (χ2v) is 7.15. The molecule has 0 fully saturated rings. The van der Waals surface area contributed by atoms with Gasteiger partial charge in [0.05, 0.1) is 24.7 Å². The van der Waals surface area contributed by atoms with Gasteiger partial charge in [0.1, 0.15) is 18.1 Å². The molecular formula is C22H20BrN3O3. The second kappa shape index (κ2) is 9.95. The fraction of sp³-hybridized carbons (Fsp3) is 0.136. The van der Waals surface area contributed by atoms with Crippen molar-refractivity contribution in [2.45, 2.75) is 20.1 Å². The number of aliphatic hydroxyl groups excluding tert-OH is 1. The van der Waals surface area contributed by atoms with Crippen LogP contribution >= 0.6 is 15.9 Å². The largest absolute Gasteiger partial charge is 0.505 e. The van der Waals surface area contributed by atoms with Crippen LogP contribution < -0.4 is 4.74 Å². The van der Waals surface area contributed by atoms with Crippen LogP contribution in [0.3, 0.4) is 0 Å². The van der Waals surface area contributed by atoms with E-state index in [4.69, 9.17) is 4.74 Å². The number of halogens is 1. The highest BCUT2D eigenvalue weighted by atomic mass is 79.9. The van der Waals surface area contributed by atoms with Gasteiger partial charge in [-0.1, -0.05) is 46.3 Å². The smallest absolute Gasteiger partial charge is 0.145 e. The Kier molecular flexibility index (Phi) is 7.10. The lowest BCUT2D eigenvalue weighted by atomic mass is 10.1. The average Bonchev–Trinajstić information content (AvgIpc) is 2.74. The van der Waals surface area contributed by atoms with Crippen molar-refractivity contribution >= 4 is 28.4 Å². The van der Waals surface area contributed by atoms with Gasteiger partial charge in [0.15, 0.2) is 0 Å². The van der Waals surface area contributed by atoms with Crippen molar-refractivity contribution in [1.29, 1.82) is 0 Å². The van der Waals surface area contributed by atoms with Gasteiger partial charge < -0.3 is 14.9 Å². The van der Waals surface area contributed by atoms with Crippen LogP contribution in [0.4, 0.5) is 0 Å². The molecule has 2 aromatic carbocycles. The summed E-state index contributed by atoms with van der Waals surface area (Å²) < 4.78 is 6.81. The van der Waals surface area contributed by atoms with E-state index in [2.05, 4.69) is 31.1 Å². The molecule has 0 amide bonds. The Labute approximate surface area is 177 Å². The lowest BCUT2D eigenvalue weighted by Crippen LogP contribution is -1.98. The first-order chi connectivity index (χ1) is 14.1. The fourth-order valence-corrected chi connectivity index (χ4v) is 2.97. The Hall–Kier alpha value is -3.03. The number of hydrogen-bond acceptors (Lipinski definition) is 6. The zero-order valence-corrected chi connectivity index (χ0v) is 17.4. The molecule has 29 heavy (non-hydrogen) atoms. The van der Waals surface area contributed by atoms with E-state index in [0.717, 1.165) is 15.6 Å². The van der Waals surface area contributed by atoms with Crippen LogP contribution in [0, 0.1) is 6.92 Å². The minimum Gasteiger partial charge on any atom is -0.505 e. The number of aromatic hydroxyl groups is 1. The van der Waals surface area contributed by atoms with Crippen LogP contribution in [-0.2, 0) is 13.2 Å². The number of hydrogen-bond donors (Lipinski definition) is 2. The van der Waals surface area contributed by atoms with Gasteiger partial charge in [-0.15, -0.1) is 0 Å². The standard InChI is InChI=1S/C22H20BrN3O3/c1-15-22(28)20(18(13-27)10-24-15)12-26-25-11-17-9-19(23)7-8-21(17)29-14-16-5-3-2-4-6-16/h2-12,27-28H,13-14H2,1H3/b25-11-,26-12-. The highest BCUT2D eigenvalue weighted by Gasteiger charge is 2.09. The van der Waals surface area contributed by atoms with E-state index < -0.39 is 0 Å². The number of ether oxygens (including phenoxy) is 1. The zero-order chi connectivity index (χ0) is 20.6. The summed E-state index contributed by atoms with van der Waals surface area (Å²) in [6.45, 7) is 1.86. The maximum atomic E-state index is 10.1. The molecule has 0 aliphatic carbocycles. The molecule has 1 heterocycles. The molecule has 0 aliphatic heterocycles. The number of rotatable bonds is 7. The van der Waals surface area contributed by atoms with Crippen LogP contribution in [0.15, 0.2) is 69.4 Å². The van der Waals surface area contributed by atoms with Gasteiger partial charge >= 0.3 is 0 Å². The molecule has 0 atom stereocenters. The molecule has 0 spiro atoms. The first-order valence-electron chi connectivity index (χ1n) is 8.89. The Bertz CT molecular complexity index is 1040. The molecule has 1 aromatic heterocycles. The van der Waals surface area contributed by atoms with Gasteiger partial charge in [-0.25, -0.2) is 0 Å². The van der Waals surface area contributed by atoms with Crippen molar-refractivity contribution in [2.75, 3.05) is 0 Å². The Balaban J connectivity index is 1.78. The predicted octanol–water partition coefficient (Wildman–Crippen LogP) is 4.38. The van der Waals surface area contributed by atoms with Crippen molar-refractivity contribution in [3.63, 3.8) is 0 Å². The molecule has 0 radical (unpaired) electrons. The van der Waals surface area contributed by atoms with Crippen LogP contribution in [0.2, 0.25) is 0 Å². The predicted molar refractivity (Wildman–Crippen MR) is 117 cm³/mol. The lowest BCUT2D eigenvalue weighted by Gasteiger charge is -2.09. The Morgan fingerprint density at radius 3 is 2.62 bits per heavy atom. The van der Waals surface area contributed by atoms with Crippen LogP contribution in [0.1, 0.15) is 27.9 Å². The number of aryl methyl sites for hydroxylation is 1. The second-order valence-electron chi connectivity index (χ2n) is 6.23. The molecule has 148 valence electrons. The van der Waals surface area contributed by atoms with E-state index in [1.807, 2.05) is 48.5 Å². The minimum absolute atomic E-state index is 0.0233. The van der Waals surface area contributed by atoms with E-state index in [1.165, 1.54) is 12.4 Å². The number of pyridine rings is 1. The first kappa shape index (κ1) is 20.7. The zero-order valence-electron chi connectivity index (χ0n) is 15.8. The molecule has 3 aromatic rings. The number of nitrogens with zero attached hydrogens (tertiary/aromatic N) is 3. The lowest BCUT2D eigenvalue weighted by molar-refractivity contribution is 0.280. The molecule has 3 rings (SSSR count). The average molecular weight is 454 g/mol. The molecule has 0 saturated heterocycles. The van der Waals surface area contributed by atoms with Crippen molar-refractivity contribution in [2.24, 2.45) is 10.2 Å². The quantitative estimate of drug-likeness (QED) is 0.410. The summed E-state index contributed by atoms with van der Waals surface area (Å²) in [5, 5.41) is 27.6. The molecule has 0 unspecified atom stereocenters. The maximum Gasteiger partial charge on any atom is 0.145 e. The van der Waals surface area contributed by atoms with E-state index in [0.29, 0.717) is 29.2 Å². The number of aliphatic hydroxyl groups is 1. The molecule has 0 bridgehead atoms. The number of benzene rings is 2. The topological polar surface area (TPSA) is 87.3 Å². The minimum atomic E-state index is -0.255. The molecular weight excluding hydrogens is 434 g/mol. The summed E-state index contributed by atoms with van der Waals surface area (Å²) in [7, 11) is 0. The fourth-order valence-electron chi connectivity index (χ4n) is 2.60. The van der Waals surface area contributed by atoms with Gasteiger partial charge in [-0.05, 0) is 30.7 Å². The van der Waals surface area contributed by atoms with Gasteiger partial charge in [0, 0.05) is 27.4 Å². The van der Waals surface area contributed by atoms with Gasteiger partial charge in [0.2, 0.25) is 0 Å². The van der Waals surface area contributed by atoms with Crippen molar-refractivity contribution in [3.05, 3.63) is 87.1 Å². The van der Waals surface area contributed by atoms with Crippen LogP contribution in [-0.4, -0.2) is 27.6 Å². The summed E-state index contributed by atoms with van der Waals surface area (Å²) in [6, 6.07) is 15.5. The summed E-state index contributed by atoms with van der Waals surface area (Å²) in [5.74, 6) is 0.652. The maximum absolute atomic E-state index is 10.1. The highest BCUT2D eigenvalue weighted by molar-refractivity contribution is 9.10. The third kappa shape index (κ3) is 5.49. The summed E-state index contributed by atoms with van der Waals surface area (Å²) >= 11 is 3.45. The Morgan fingerprint density at radius 1 is 1.10 bits per heavy atom. The van der Waals surface area contributed by atoms with Crippen molar-refractivity contribution in [1.82, 2.24) is 4.98 Å². The SMILES string of the molecule is Cc1ncc(CO)c(/C=N\N=C/c2cc(Br)ccc2OCc2ccccc2)c1O. The van der Waals surface area contributed by atoms with Crippen LogP contribution in [0.5, 0.6) is 11.5 Å². The van der Waals surface area contributed by atoms with Gasteiger partial charge in [-0.3, -0.25) is 4.98 Å². The van der Waals surface area contributed by atoms with Crippen molar-refractivity contribution in [3.8, 4) is 11.5 Å². The highest BCUT2D eigenvalue weighted by Crippen LogP contribution is 2.24. The van der Waals surface area contributed by atoms with Gasteiger partial charge in [0.25, 0.3) is 0 Å². The first-order valence-corrected chi connectivity index (χ1v) is 9.68. The summed E-state index contributed by atoms with van der Waals surface area (Å²) in [4.78, 5) is 4.02. The third-order valence-electron chi connectivity index (χ3n) is 4.19. The molecule has 0 aliphatic rings. The summed E-state index contributed by atoms with van der Waals surface area (Å²) in [6.07, 6.45) is 4.48. The summed E-state index contributed by atoms with van der Waals surface area (Å²) in [5.41, 5.74) is 3.14. The monoisotopic (exact) mass is 453 g/mol. The third-order valence-corrected chi connectivity index (χ3v) is 4.68. The number of aromatic nitrogens is 1. The molecule has 7 heteroatoms. The molecule has 2 N–H and O–H groups in total. The van der Waals surface area contributed by atoms with E-state index in [1.54, 1.807) is 13.1 Å². The van der Waals surface area contributed by atoms with Crippen LogP contribution in [0.25, 0.3) is 0 Å². The Morgan fingerprint density at radius 2 is 1.86 bits per heavy atom. The van der Waals surface area contributed by atoms with Crippen molar-refractivity contribution < 1.29 is 14.9 Å².